The van der Waals surface area contributed by atoms with Gasteiger partial charge in [0, 0.05) is 38.6 Å². The molecule has 1 unspecified atom stereocenters. The van der Waals surface area contributed by atoms with Gasteiger partial charge < -0.3 is 34.1 Å². The number of allylic oxidation sites excluding steroid dienone is 2. The van der Waals surface area contributed by atoms with Gasteiger partial charge in [0.15, 0.2) is 6.29 Å². The molecule has 2 fully saturated rings. The zero-order valence-corrected chi connectivity index (χ0v) is 26.6. The number of ether oxygens (including phenoxy) is 4. The van der Waals surface area contributed by atoms with Crippen LogP contribution in [0.1, 0.15) is 74.1 Å². The van der Waals surface area contributed by atoms with E-state index in [0.29, 0.717) is 19.3 Å². The number of methoxy groups -OCH3 is 1. The van der Waals surface area contributed by atoms with Crippen LogP contribution in [0.5, 0.6) is 0 Å². The monoisotopic (exact) mass is 581 g/mol. The zero-order chi connectivity index (χ0) is 31.1. The molecule has 0 radical (unpaired) electrons. The minimum Gasteiger partial charge on any atom is -0.462 e. The van der Waals surface area contributed by atoms with Crippen molar-refractivity contribution in [3.05, 3.63) is 18.7 Å². The van der Waals surface area contributed by atoms with E-state index in [2.05, 4.69) is 18.4 Å². The SMILES string of the molecule is C=CC1[C@H](C=C=O)C[C@@H](C)CN(C)[C@H](C)[C@@H](O)C[C@@H](CC)OC(=O)[C@H](C)[C@@H](O[C@H]2C[C@@](C)(OC)[C@@H](O)[C@H](C)O2)[C@@H]1C. The third-order valence-electron chi connectivity index (χ3n) is 9.59. The lowest BCUT2D eigenvalue weighted by atomic mass is 9.73. The number of carbonyl (C=O) groups is 1. The number of aliphatic hydroxyl groups excluding tert-OH is 2. The van der Waals surface area contributed by atoms with Gasteiger partial charge in [-0.25, -0.2) is 4.79 Å². The Balaban J connectivity index is 2.53. The largest absolute Gasteiger partial charge is 0.462 e. The molecule has 0 saturated carbocycles. The Labute approximate surface area is 247 Å². The predicted molar refractivity (Wildman–Crippen MR) is 158 cm³/mol. The van der Waals surface area contributed by atoms with Gasteiger partial charge >= 0.3 is 5.97 Å². The smallest absolute Gasteiger partial charge is 0.311 e. The number of carbonyl (C=O) groups excluding carboxylic acids is 2. The summed E-state index contributed by atoms with van der Waals surface area (Å²) in [5.41, 5.74) is -0.892. The molecule has 236 valence electrons. The van der Waals surface area contributed by atoms with Crippen molar-refractivity contribution in [1.82, 2.24) is 4.90 Å². The molecule has 0 bridgehead atoms. The Morgan fingerprint density at radius 3 is 2.41 bits per heavy atom. The van der Waals surface area contributed by atoms with E-state index in [-0.39, 0.29) is 36.1 Å². The second kappa shape index (κ2) is 15.8. The van der Waals surface area contributed by atoms with E-state index in [4.69, 9.17) is 18.9 Å². The lowest BCUT2D eigenvalue weighted by Gasteiger charge is -2.46. The van der Waals surface area contributed by atoms with Crippen LogP contribution in [0.2, 0.25) is 0 Å². The highest BCUT2D eigenvalue weighted by molar-refractivity contribution is 5.73. The van der Waals surface area contributed by atoms with Gasteiger partial charge in [-0.05, 0) is 71.3 Å². The maximum Gasteiger partial charge on any atom is 0.311 e. The summed E-state index contributed by atoms with van der Waals surface area (Å²) in [7, 11) is 3.53. The Kier molecular flexibility index (Phi) is 13.7. The predicted octanol–water partition coefficient (Wildman–Crippen LogP) is 3.78. The van der Waals surface area contributed by atoms with Gasteiger partial charge in [-0.3, -0.25) is 4.79 Å². The second-order valence-corrected chi connectivity index (χ2v) is 12.7. The average Bonchev–Trinajstić information content (AvgIpc) is 2.92. The molecule has 0 aromatic rings. The molecule has 0 aromatic heterocycles. The quantitative estimate of drug-likeness (QED) is 0.275. The first-order valence-electron chi connectivity index (χ1n) is 15.2. The first kappa shape index (κ1) is 35.6. The minimum absolute atomic E-state index is 0.145. The van der Waals surface area contributed by atoms with Gasteiger partial charge in [0.1, 0.15) is 18.1 Å². The molecule has 2 rings (SSSR count). The maximum absolute atomic E-state index is 13.6. The van der Waals surface area contributed by atoms with Crippen LogP contribution in [0.4, 0.5) is 0 Å². The normalized spacial score (nSPS) is 44.1. The van der Waals surface area contributed by atoms with E-state index in [9.17, 15) is 19.8 Å². The fourth-order valence-electron chi connectivity index (χ4n) is 6.55. The fourth-order valence-corrected chi connectivity index (χ4v) is 6.55. The topological polar surface area (TPSA) is 115 Å². The van der Waals surface area contributed by atoms with Crippen molar-refractivity contribution in [2.45, 2.75) is 123 Å². The fraction of sp³-hybridized carbons (Fsp3) is 0.844. The number of aliphatic hydroxyl groups is 2. The summed E-state index contributed by atoms with van der Waals surface area (Å²) in [6, 6.07) is -0.145. The van der Waals surface area contributed by atoms with Crippen molar-refractivity contribution in [3.63, 3.8) is 0 Å². The summed E-state index contributed by atoms with van der Waals surface area (Å²) in [4.78, 5) is 27.4. The molecule has 2 N–H and O–H groups in total. The molecule has 0 aromatic carbocycles. The van der Waals surface area contributed by atoms with Gasteiger partial charge in [-0.2, -0.15) is 0 Å². The maximum atomic E-state index is 13.6. The highest BCUT2D eigenvalue weighted by Gasteiger charge is 2.47. The molecule has 0 amide bonds. The standard InChI is InChI=1S/C32H55NO8/c1-11-25-16-27(35)22(6)33(9)18-19(3)15-24(13-14-34)26(12-2)20(4)29(21(5)31(37)40-25)41-28-17-32(8,38-10)30(36)23(7)39-28/h12-13,19-30,35-36H,2,11,15-18H2,1,3-10H3/t19-,20-,21-,22-,23+,24-,25-,26?,27+,28+,29+,30+,32-/m1/s1. The van der Waals surface area contributed by atoms with Crippen molar-refractivity contribution in [2.75, 3.05) is 20.7 Å². The van der Waals surface area contributed by atoms with Crippen LogP contribution in [0.3, 0.4) is 0 Å². The molecular formula is C32H55NO8. The summed E-state index contributed by atoms with van der Waals surface area (Å²) >= 11 is 0. The van der Waals surface area contributed by atoms with E-state index in [1.54, 1.807) is 27.0 Å². The summed E-state index contributed by atoms with van der Waals surface area (Å²) in [6.07, 6.45) is 1.31. The third-order valence-corrected chi connectivity index (χ3v) is 9.59. The van der Waals surface area contributed by atoms with E-state index < -0.39 is 54.3 Å². The van der Waals surface area contributed by atoms with Gasteiger partial charge in [0.25, 0.3) is 0 Å². The van der Waals surface area contributed by atoms with Crippen LogP contribution in [0.25, 0.3) is 0 Å². The summed E-state index contributed by atoms with van der Waals surface area (Å²) < 4.78 is 24.3. The molecule has 2 heterocycles. The summed E-state index contributed by atoms with van der Waals surface area (Å²) in [5, 5.41) is 21.7. The van der Waals surface area contributed by atoms with Gasteiger partial charge in [-0.1, -0.05) is 26.8 Å². The minimum atomic E-state index is -0.892. The van der Waals surface area contributed by atoms with Crippen LogP contribution in [0, 0.1) is 29.6 Å². The first-order chi connectivity index (χ1) is 19.2. The lowest BCUT2D eigenvalue weighted by Crippen LogP contribution is -2.57. The third kappa shape index (κ3) is 8.96. The second-order valence-electron chi connectivity index (χ2n) is 12.7. The number of nitrogens with zero attached hydrogens (tertiary/aromatic N) is 1. The number of hydrogen-bond donors (Lipinski definition) is 2. The molecule has 0 aliphatic carbocycles. The molecule has 0 spiro atoms. The number of esters is 1. The molecule has 9 nitrogen and oxygen atoms in total. The number of rotatable bonds is 6. The van der Waals surface area contributed by atoms with E-state index in [1.165, 1.54) is 0 Å². The van der Waals surface area contributed by atoms with E-state index >= 15 is 0 Å². The van der Waals surface area contributed by atoms with Gasteiger partial charge in [-0.15, -0.1) is 6.58 Å². The van der Waals surface area contributed by atoms with Crippen LogP contribution < -0.4 is 0 Å². The van der Waals surface area contributed by atoms with Crippen molar-refractivity contribution >= 4 is 11.9 Å². The Bertz CT molecular complexity index is 893. The summed E-state index contributed by atoms with van der Waals surface area (Å²) in [5.74, 6) is 0.421. The number of cyclic esters (lactones) is 1. The van der Waals surface area contributed by atoms with Crippen molar-refractivity contribution in [1.29, 1.82) is 0 Å². The zero-order valence-electron chi connectivity index (χ0n) is 26.6. The molecule has 41 heavy (non-hydrogen) atoms. The van der Waals surface area contributed by atoms with Crippen molar-refractivity contribution < 1.29 is 38.7 Å². The Morgan fingerprint density at radius 1 is 1.20 bits per heavy atom. The Hall–Kier alpha value is -1.58. The highest BCUT2D eigenvalue weighted by Crippen LogP contribution is 2.38. The Morgan fingerprint density at radius 2 is 1.85 bits per heavy atom. The lowest BCUT2D eigenvalue weighted by molar-refractivity contribution is -0.296. The molecule has 9 heteroatoms. The molecule has 2 aliphatic heterocycles. The van der Waals surface area contributed by atoms with Crippen LogP contribution in [-0.2, 0) is 28.5 Å². The molecule has 2 aliphatic rings. The van der Waals surface area contributed by atoms with Crippen LogP contribution >= 0.6 is 0 Å². The molecule has 13 atom stereocenters. The number of likely N-dealkylation sites (N-methyl/N-ethyl adjacent to an activating group) is 1. The first-order valence-corrected chi connectivity index (χ1v) is 15.2. The van der Waals surface area contributed by atoms with E-state index in [1.807, 2.05) is 46.8 Å². The summed E-state index contributed by atoms with van der Waals surface area (Å²) in [6.45, 7) is 18.2. The molecule has 2 saturated heterocycles. The highest BCUT2D eigenvalue weighted by atomic mass is 16.7. The van der Waals surface area contributed by atoms with Crippen LogP contribution in [-0.4, -0.2) is 96.2 Å². The average molecular weight is 582 g/mol. The van der Waals surface area contributed by atoms with E-state index in [0.717, 1.165) is 6.54 Å². The van der Waals surface area contributed by atoms with Crippen molar-refractivity contribution in [2.24, 2.45) is 29.6 Å². The van der Waals surface area contributed by atoms with Gasteiger partial charge in [0.2, 0.25) is 0 Å². The molecular weight excluding hydrogens is 526 g/mol. The van der Waals surface area contributed by atoms with Crippen LogP contribution in [0.15, 0.2) is 18.7 Å². The van der Waals surface area contributed by atoms with Crippen molar-refractivity contribution in [3.8, 4) is 0 Å². The number of hydrogen-bond acceptors (Lipinski definition) is 9. The van der Waals surface area contributed by atoms with Gasteiger partial charge in [0.05, 0.1) is 29.8 Å².